The smallest absolute Gasteiger partial charge is 0.225 e. The molecule has 1 aromatic rings. The van der Waals surface area contributed by atoms with E-state index in [1.54, 1.807) is 0 Å². The van der Waals surface area contributed by atoms with Crippen LogP contribution >= 0.6 is 0 Å². The number of nitrogens with zero attached hydrogens (tertiary/aromatic N) is 2. The zero-order chi connectivity index (χ0) is 22.3. The maximum Gasteiger partial charge on any atom is 0.225 e. The van der Waals surface area contributed by atoms with E-state index >= 15 is 0 Å². The second-order valence-electron chi connectivity index (χ2n) is 9.59. The summed E-state index contributed by atoms with van der Waals surface area (Å²) in [6, 6.07) is 11.4. The monoisotopic (exact) mass is 427 g/mol. The van der Waals surface area contributed by atoms with Crippen molar-refractivity contribution in [2.75, 3.05) is 26.7 Å². The Hall–Kier alpha value is -2.08. The van der Waals surface area contributed by atoms with Crippen LogP contribution in [0.5, 0.6) is 0 Å². The Balaban J connectivity index is 1.51. The van der Waals surface area contributed by atoms with Gasteiger partial charge in [-0.15, -0.1) is 0 Å². The van der Waals surface area contributed by atoms with Gasteiger partial charge in [0.25, 0.3) is 0 Å². The number of nitrogens with one attached hydrogen (secondary N) is 3. The third-order valence-corrected chi connectivity index (χ3v) is 6.84. The molecule has 1 aromatic carbocycles. The Labute approximate surface area is 188 Å². The first-order chi connectivity index (χ1) is 14.9. The van der Waals surface area contributed by atoms with Gasteiger partial charge in [-0.3, -0.25) is 9.79 Å². The van der Waals surface area contributed by atoms with Crippen molar-refractivity contribution in [3.8, 4) is 0 Å². The van der Waals surface area contributed by atoms with Gasteiger partial charge in [-0.05, 0) is 38.2 Å². The molecule has 6 heteroatoms. The summed E-state index contributed by atoms with van der Waals surface area (Å²) < 4.78 is 0. The van der Waals surface area contributed by atoms with Crippen molar-refractivity contribution < 1.29 is 4.79 Å². The number of likely N-dealkylation sites (tertiary alicyclic amines) is 1. The Morgan fingerprint density at radius 2 is 1.77 bits per heavy atom. The van der Waals surface area contributed by atoms with Crippen LogP contribution in [-0.2, 0) is 4.79 Å². The van der Waals surface area contributed by atoms with Crippen LogP contribution < -0.4 is 16.0 Å². The minimum Gasteiger partial charge on any atom is -0.355 e. The molecule has 0 radical (unpaired) electrons. The molecule has 3 rings (SSSR count). The zero-order valence-corrected chi connectivity index (χ0v) is 19.8. The number of benzene rings is 1. The van der Waals surface area contributed by atoms with Crippen molar-refractivity contribution in [1.29, 1.82) is 0 Å². The molecule has 2 fully saturated rings. The average molecular weight is 428 g/mol. The highest BCUT2D eigenvalue weighted by atomic mass is 16.2. The largest absolute Gasteiger partial charge is 0.355 e. The SMILES string of the molecule is CN=C(NCC1(NC(C)c2ccccc2)CCCC1)NC1CCN(C(=O)C(C)C)CC1. The summed E-state index contributed by atoms with van der Waals surface area (Å²) in [5.74, 6) is 1.21. The van der Waals surface area contributed by atoms with Crippen LogP contribution in [0.4, 0.5) is 0 Å². The number of carbonyl (C=O) groups is 1. The van der Waals surface area contributed by atoms with Crippen LogP contribution in [-0.4, -0.2) is 55.0 Å². The molecule has 2 aliphatic rings. The van der Waals surface area contributed by atoms with Gasteiger partial charge in [0.2, 0.25) is 5.91 Å². The third kappa shape index (κ3) is 6.45. The Kier molecular flexibility index (Phi) is 8.35. The average Bonchev–Trinajstić information content (AvgIpc) is 3.25. The molecule has 0 aromatic heterocycles. The van der Waals surface area contributed by atoms with Gasteiger partial charge in [0.15, 0.2) is 5.96 Å². The molecule has 6 nitrogen and oxygen atoms in total. The number of aliphatic imine (C=N–C) groups is 1. The fourth-order valence-electron chi connectivity index (χ4n) is 4.96. The van der Waals surface area contributed by atoms with E-state index in [0.717, 1.165) is 38.4 Å². The van der Waals surface area contributed by atoms with Gasteiger partial charge in [0.1, 0.15) is 0 Å². The first kappa shape index (κ1) is 23.6. The van der Waals surface area contributed by atoms with Crippen LogP contribution in [0, 0.1) is 5.92 Å². The van der Waals surface area contributed by atoms with E-state index in [2.05, 4.69) is 58.2 Å². The maximum atomic E-state index is 12.2. The van der Waals surface area contributed by atoms with E-state index in [1.807, 2.05) is 25.8 Å². The molecule has 0 bridgehead atoms. The number of guanidine groups is 1. The molecular weight excluding hydrogens is 386 g/mol. The summed E-state index contributed by atoms with van der Waals surface area (Å²) in [4.78, 5) is 18.7. The highest BCUT2D eigenvalue weighted by Gasteiger charge is 2.35. The summed E-state index contributed by atoms with van der Waals surface area (Å²) in [7, 11) is 1.84. The van der Waals surface area contributed by atoms with Crippen molar-refractivity contribution in [2.24, 2.45) is 10.9 Å². The highest BCUT2D eigenvalue weighted by Crippen LogP contribution is 2.31. The minimum atomic E-state index is 0.0762. The van der Waals surface area contributed by atoms with Crippen LogP contribution in [0.1, 0.15) is 70.9 Å². The predicted octanol–water partition coefficient (Wildman–Crippen LogP) is 3.46. The third-order valence-electron chi connectivity index (χ3n) is 6.84. The van der Waals surface area contributed by atoms with Crippen molar-refractivity contribution in [3.05, 3.63) is 35.9 Å². The maximum absolute atomic E-state index is 12.2. The number of hydrogen-bond donors (Lipinski definition) is 3. The van der Waals surface area contributed by atoms with Crippen molar-refractivity contribution in [3.63, 3.8) is 0 Å². The summed E-state index contributed by atoms with van der Waals surface area (Å²) in [6.07, 6.45) is 6.84. The first-order valence-electron chi connectivity index (χ1n) is 12.0. The molecule has 1 atom stereocenters. The van der Waals surface area contributed by atoms with E-state index in [0.29, 0.717) is 12.1 Å². The quantitative estimate of drug-likeness (QED) is 0.460. The number of amides is 1. The molecule has 0 spiro atoms. The van der Waals surface area contributed by atoms with Crippen molar-refractivity contribution in [2.45, 2.75) is 76.9 Å². The lowest BCUT2D eigenvalue weighted by atomic mass is 9.94. The lowest BCUT2D eigenvalue weighted by molar-refractivity contribution is -0.135. The lowest BCUT2D eigenvalue weighted by Crippen LogP contribution is -2.56. The van der Waals surface area contributed by atoms with Gasteiger partial charge in [-0.2, -0.15) is 0 Å². The molecule has 31 heavy (non-hydrogen) atoms. The molecule has 1 unspecified atom stereocenters. The molecule has 1 amide bonds. The zero-order valence-electron chi connectivity index (χ0n) is 19.8. The van der Waals surface area contributed by atoms with E-state index < -0.39 is 0 Å². The predicted molar refractivity (Wildman–Crippen MR) is 128 cm³/mol. The molecule has 1 saturated heterocycles. The fourth-order valence-corrected chi connectivity index (χ4v) is 4.96. The molecule has 1 aliphatic heterocycles. The first-order valence-corrected chi connectivity index (χ1v) is 12.0. The van der Waals surface area contributed by atoms with Gasteiger partial charge in [-0.25, -0.2) is 0 Å². The van der Waals surface area contributed by atoms with Gasteiger partial charge in [0.05, 0.1) is 0 Å². The molecule has 1 saturated carbocycles. The standard InChI is InChI=1S/C25H41N5O/c1-19(2)23(31)30-16-12-22(13-17-30)28-24(26-4)27-18-25(14-8-9-15-25)29-20(3)21-10-6-5-7-11-21/h5-7,10-11,19-20,22,29H,8-9,12-18H2,1-4H3,(H2,26,27,28). The van der Waals surface area contributed by atoms with Gasteiger partial charge in [0, 0.05) is 50.2 Å². The van der Waals surface area contributed by atoms with Gasteiger partial charge < -0.3 is 20.9 Å². The van der Waals surface area contributed by atoms with Crippen LogP contribution in [0.2, 0.25) is 0 Å². The van der Waals surface area contributed by atoms with Gasteiger partial charge >= 0.3 is 0 Å². The van der Waals surface area contributed by atoms with E-state index in [1.165, 1.54) is 31.2 Å². The normalized spacial score (nSPS) is 20.7. The molecule has 1 aliphatic carbocycles. The van der Waals surface area contributed by atoms with Crippen LogP contribution in [0.15, 0.2) is 35.3 Å². The number of piperidine rings is 1. The lowest BCUT2D eigenvalue weighted by Gasteiger charge is -2.36. The number of rotatable bonds is 7. The summed E-state index contributed by atoms with van der Waals surface area (Å²) in [6.45, 7) is 8.73. The van der Waals surface area contributed by atoms with Crippen molar-refractivity contribution in [1.82, 2.24) is 20.9 Å². The van der Waals surface area contributed by atoms with E-state index in [9.17, 15) is 4.79 Å². The minimum absolute atomic E-state index is 0.0762. The molecular formula is C25H41N5O. The second kappa shape index (κ2) is 11.0. The van der Waals surface area contributed by atoms with Crippen molar-refractivity contribution >= 4 is 11.9 Å². The Bertz CT molecular complexity index is 719. The van der Waals surface area contributed by atoms with Crippen LogP contribution in [0.25, 0.3) is 0 Å². The molecule has 172 valence electrons. The molecule has 3 N–H and O–H groups in total. The van der Waals surface area contributed by atoms with E-state index in [-0.39, 0.29) is 17.4 Å². The van der Waals surface area contributed by atoms with Crippen LogP contribution in [0.3, 0.4) is 0 Å². The summed E-state index contributed by atoms with van der Waals surface area (Å²) in [5.41, 5.74) is 1.43. The second-order valence-corrected chi connectivity index (χ2v) is 9.59. The highest BCUT2D eigenvalue weighted by molar-refractivity contribution is 5.80. The number of hydrogen-bond acceptors (Lipinski definition) is 3. The molecule has 1 heterocycles. The Morgan fingerprint density at radius 3 is 2.35 bits per heavy atom. The fraction of sp³-hybridized carbons (Fsp3) is 0.680. The number of carbonyl (C=O) groups excluding carboxylic acids is 1. The topological polar surface area (TPSA) is 68.8 Å². The Morgan fingerprint density at radius 1 is 1.13 bits per heavy atom. The summed E-state index contributed by atoms with van der Waals surface area (Å²) in [5, 5.41) is 11.1. The van der Waals surface area contributed by atoms with Gasteiger partial charge in [-0.1, -0.05) is 57.0 Å². The van der Waals surface area contributed by atoms with E-state index in [4.69, 9.17) is 0 Å². The summed E-state index contributed by atoms with van der Waals surface area (Å²) >= 11 is 0.